The van der Waals surface area contributed by atoms with Gasteiger partial charge in [0.25, 0.3) is 5.91 Å². The highest BCUT2D eigenvalue weighted by Crippen LogP contribution is 2.32. The van der Waals surface area contributed by atoms with Crippen LogP contribution in [0.1, 0.15) is 28.5 Å². The number of fused-ring (bicyclic) bond motifs is 1. The minimum Gasteiger partial charge on any atom is -0.370 e. The summed E-state index contributed by atoms with van der Waals surface area (Å²) in [5.74, 6) is 0.892. The molecule has 0 bridgehead atoms. The van der Waals surface area contributed by atoms with Crippen molar-refractivity contribution in [1.29, 1.82) is 0 Å². The van der Waals surface area contributed by atoms with Crippen LogP contribution in [0.5, 0.6) is 0 Å². The number of rotatable bonds is 3. The van der Waals surface area contributed by atoms with E-state index >= 15 is 0 Å². The minimum atomic E-state index is -0.246. The van der Waals surface area contributed by atoms with Crippen molar-refractivity contribution in [2.45, 2.75) is 25.7 Å². The van der Waals surface area contributed by atoms with Crippen molar-refractivity contribution in [2.24, 2.45) is 0 Å². The maximum Gasteiger partial charge on any atom is 0.251 e. The molecule has 0 aliphatic carbocycles. The highest BCUT2D eigenvalue weighted by Gasteiger charge is 2.42. The van der Waals surface area contributed by atoms with Crippen LogP contribution >= 0.6 is 0 Å². The van der Waals surface area contributed by atoms with Gasteiger partial charge < -0.3 is 15.0 Å². The first-order chi connectivity index (χ1) is 11.1. The summed E-state index contributed by atoms with van der Waals surface area (Å²) in [5, 5.41) is 3.12. The zero-order chi connectivity index (χ0) is 15.9. The van der Waals surface area contributed by atoms with Crippen molar-refractivity contribution in [3.8, 4) is 0 Å². The summed E-state index contributed by atoms with van der Waals surface area (Å²) in [5.41, 5.74) is 2.48. The first-order valence-electron chi connectivity index (χ1n) is 7.68. The maximum atomic E-state index is 12.3. The lowest BCUT2D eigenvalue weighted by molar-refractivity contribution is 0.0888. The lowest BCUT2D eigenvalue weighted by Crippen LogP contribution is -2.69. The normalized spacial score (nSPS) is 18.2. The largest absolute Gasteiger partial charge is 0.370 e. The predicted octanol–water partition coefficient (Wildman–Crippen LogP) is 1.52. The van der Waals surface area contributed by atoms with Crippen LogP contribution in [0.3, 0.4) is 0 Å². The topological polar surface area (TPSA) is 67.4 Å². The molecule has 1 aromatic heterocycles. The van der Waals surface area contributed by atoms with Crippen molar-refractivity contribution >= 4 is 11.7 Å². The van der Waals surface area contributed by atoms with Crippen LogP contribution < -0.4 is 10.2 Å². The van der Waals surface area contributed by atoms with E-state index in [0.29, 0.717) is 18.8 Å². The minimum absolute atomic E-state index is 0.0380. The summed E-state index contributed by atoms with van der Waals surface area (Å²) < 4.78 is 5.45. The Morgan fingerprint density at radius 2 is 2.00 bits per heavy atom. The molecule has 0 spiro atoms. The molecular formula is C17H18N4O2. The van der Waals surface area contributed by atoms with Crippen LogP contribution in [0.25, 0.3) is 0 Å². The highest BCUT2D eigenvalue weighted by atomic mass is 16.5. The van der Waals surface area contributed by atoms with E-state index in [0.717, 1.165) is 30.2 Å². The van der Waals surface area contributed by atoms with Crippen LogP contribution in [0.15, 0.2) is 36.7 Å². The van der Waals surface area contributed by atoms with Crippen LogP contribution in [0.4, 0.5) is 5.82 Å². The summed E-state index contributed by atoms with van der Waals surface area (Å²) in [6, 6.07) is 9.29. The van der Waals surface area contributed by atoms with Crippen LogP contribution in [0.2, 0.25) is 0 Å². The van der Waals surface area contributed by atoms with Crippen molar-refractivity contribution in [1.82, 2.24) is 15.3 Å². The van der Waals surface area contributed by atoms with Crippen molar-refractivity contribution < 1.29 is 9.53 Å². The Bertz CT molecular complexity index is 742. The molecule has 1 fully saturated rings. The molecule has 6 nitrogen and oxygen atoms in total. The second-order valence-corrected chi connectivity index (χ2v) is 6.35. The number of nitrogens with one attached hydrogen (secondary N) is 1. The smallest absolute Gasteiger partial charge is 0.251 e. The summed E-state index contributed by atoms with van der Waals surface area (Å²) >= 11 is 0. The molecule has 0 unspecified atom stereocenters. The van der Waals surface area contributed by atoms with Crippen molar-refractivity contribution in [3.05, 3.63) is 53.5 Å². The van der Waals surface area contributed by atoms with Gasteiger partial charge in [-0.2, -0.15) is 0 Å². The third-order valence-corrected chi connectivity index (χ3v) is 4.33. The van der Waals surface area contributed by atoms with Gasteiger partial charge in [0.2, 0.25) is 0 Å². The first-order valence-corrected chi connectivity index (χ1v) is 7.68. The average Bonchev–Trinajstić information content (AvgIpc) is 3.02. The van der Waals surface area contributed by atoms with E-state index in [4.69, 9.17) is 4.74 Å². The number of ether oxygens (including phenoxy) is 1. The quantitative estimate of drug-likeness (QED) is 0.931. The molecule has 1 saturated heterocycles. The number of hydrogen-bond donors (Lipinski definition) is 1. The number of aromatic nitrogens is 2. The van der Waals surface area contributed by atoms with Gasteiger partial charge in [0.1, 0.15) is 12.1 Å². The second kappa shape index (κ2) is 5.31. The molecule has 4 rings (SSSR count). The Labute approximate surface area is 134 Å². The molecular weight excluding hydrogens is 292 g/mol. The molecule has 2 aromatic rings. The van der Waals surface area contributed by atoms with Gasteiger partial charge >= 0.3 is 0 Å². The van der Waals surface area contributed by atoms with Gasteiger partial charge in [-0.25, -0.2) is 9.97 Å². The van der Waals surface area contributed by atoms with Gasteiger partial charge in [-0.05, 0) is 19.1 Å². The highest BCUT2D eigenvalue weighted by molar-refractivity contribution is 5.94. The van der Waals surface area contributed by atoms with E-state index in [9.17, 15) is 4.79 Å². The van der Waals surface area contributed by atoms with Gasteiger partial charge in [-0.15, -0.1) is 0 Å². The third kappa shape index (κ3) is 2.55. The van der Waals surface area contributed by atoms with Gasteiger partial charge in [0.15, 0.2) is 0 Å². The van der Waals surface area contributed by atoms with E-state index in [1.165, 1.54) is 0 Å². The van der Waals surface area contributed by atoms with Crippen molar-refractivity contribution in [3.63, 3.8) is 0 Å². The van der Waals surface area contributed by atoms with E-state index < -0.39 is 0 Å². The summed E-state index contributed by atoms with van der Waals surface area (Å²) in [4.78, 5) is 23.1. The fourth-order valence-electron chi connectivity index (χ4n) is 3.19. The molecule has 1 amide bonds. The maximum absolute atomic E-state index is 12.3. The number of nitrogens with zero attached hydrogens (tertiary/aromatic N) is 3. The second-order valence-electron chi connectivity index (χ2n) is 6.35. The molecule has 0 atom stereocenters. The molecule has 0 radical (unpaired) electrons. The summed E-state index contributed by atoms with van der Waals surface area (Å²) in [6.07, 6.45) is 1.58. The van der Waals surface area contributed by atoms with Crippen molar-refractivity contribution in [2.75, 3.05) is 18.0 Å². The number of benzene rings is 1. The standard InChI is InChI=1S/C17H18N4O2/c1-17(20-16(22)12-5-3-2-4-6-12)9-21(10-17)15-13-7-23-8-14(13)18-11-19-15/h2-6,11H,7-10H2,1H3,(H,20,22). The zero-order valence-corrected chi connectivity index (χ0v) is 13.0. The lowest BCUT2D eigenvalue weighted by atomic mass is 9.91. The molecule has 1 aromatic carbocycles. The van der Waals surface area contributed by atoms with E-state index in [2.05, 4.69) is 27.1 Å². The number of carbonyl (C=O) groups is 1. The molecule has 3 heterocycles. The Kier molecular flexibility index (Phi) is 3.27. The van der Waals surface area contributed by atoms with Gasteiger partial charge in [0, 0.05) is 24.2 Å². The van der Waals surface area contributed by atoms with Crippen LogP contribution in [-0.2, 0) is 18.0 Å². The first kappa shape index (κ1) is 14.1. The zero-order valence-electron chi connectivity index (χ0n) is 13.0. The van der Waals surface area contributed by atoms with Gasteiger partial charge in [0.05, 0.1) is 24.4 Å². The van der Waals surface area contributed by atoms with Gasteiger partial charge in [-0.1, -0.05) is 18.2 Å². The molecule has 0 saturated carbocycles. The molecule has 6 heteroatoms. The van der Waals surface area contributed by atoms with Crippen LogP contribution in [-0.4, -0.2) is 34.5 Å². The molecule has 2 aliphatic rings. The number of amides is 1. The third-order valence-electron chi connectivity index (χ3n) is 4.33. The van der Waals surface area contributed by atoms with Gasteiger partial charge in [-0.3, -0.25) is 4.79 Å². The Morgan fingerprint density at radius 3 is 2.78 bits per heavy atom. The number of carbonyl (C=O) groups excluding carboxylic acids is 1. The average molecular weight is 310 g/mol. The Hall–Kier alpha value is -2.47. The lowest BCUT2D eigenvalue weighted by Gasteiger charge is -2.49. The molecule has 2 aliphatic heterocycles. The fourth-order valence-corrected chi connectivity index (χ4v) is 3.19. The van der Waals surface area contributed by atoms with Crippen LogP contribution in [0, 0.1) is 0 Å². The summed E-state index contributed by atoms with van der Waals surface area (Å²) in [6.45, 7) is 4.64. The number of hydrogen-bond acceptors (Lipinski definition) is 5. The van der Waals surface area contributed by atoms with E-state index in [1.54, 1.807) is 6.33 Å². The fraction of sp³-hybridized carbons (Fsp3) is 0.353. The number of anilines is 1. The molecule has 1 N–H and O–H groups in total. The molecule has 23 heavy (non-hydrogen) atoms. The Balaban J connectivity index is 1.45. The Morgan fingerprint density at radius 1 is 1.22 bits per heavy atom. The SMILES string of the molecule is CC1(NC(=O)c2ccccc2)CN(c2ncnc3c2COC3)C1. The van der Waals surface area contributed by atoms with E-state index in [-0.39, 0.29) is 11.4 Å². The molecule has 118 valence electrons. The van der Waals surface area contributed by atoms with E-state index in [1.807, 2.05) is 30.3 Å². The monoisotopic (exact) mass is 310 g/mol. The predicted molar refractivity (Wildman–Crippen MR) is 85.1 cm³/mol. The summed E-state index contributed by atoms with van der Waals surface area (Å²) in [7, 11) is 0.